The van der Waals surface area contributed by atoms with E-state index in [1.807, 2.05) is 4.90 Å². The van der Waals surface area contributed by atoms with Gasteiger partial charge in [-0.15, -0.1) is 0 Å². The number of carbonyl (C=O) groups excluding carboxylic acids is 2. The van der Waals surface area contributed by atoms with Crippen LogP contribution >= 0.6 is 0 Å². The third-order valence-electron chi connectivity index (χ3n) is 2.87. The highest BCUT2D eigenvalue weighted by Gasteiger charge is 2.21. The second-order valence-corrected chi connectivity index (χ2v) is 4.40. The number of nitrogens with zero attached hydrogens (tertiary/aromatic N) is 1. The Morgan fingerprint density at radius 2 is 2.00 bits per heavy atom. The monoisotopic (exact) mass is 258 g/mol. The van der Waals surface area contributed by atoms with E-state index in [9.17, 15) is 9.59 Å². The fourth-order valence-corrected chi connectivity index (χ4v) is 1.95. The van der Waals surface area contributed by atoms with Gasteiger partial charge in [0.1, 0.15) is 0 Å². The van der Waals surface area contributed by atoms with Gasteiger partial charge in [-0.3, -0.25) is 15.0 Å². The van der Waals surface area contributed by atoms with Crippen LogP contribution in [-0.4, -0.2) is 55.7 Å². The molecule has 0 aromatic rings. The molecule has 0 aliphatic carbocycles. The summed E-state index contributed by atoms with van der Waals surface area (Å²) >= 11 is 0. The molecule has 7 nitrogen and oxygen atoms in total. The van der Waals surface area contributed by atoms with Crippen molar-refractivity contribution in [3.63, 3.8) is 0 Å². The number of ether oxygens (including phenoxy) is 1. The lowest BCUT2D eigenvalue weighted by molar-refractivity contribution is -0.121. The van der Waals surface area contributed by atoms with E-state index < -0.39 is 6.03 Å². The van der Waals surface area contributed by atoms with Crippen LogP contribution in [0, 0.1) is 0 Å². The number of likely N-dealkylation sites (tertiary alicyclic amines) is 1. The van der Waals surface area contributed by atoms with Crippen molar-refractivity contribution in [1.82, 2.24) is 10.2 Å². The zero-order valence-corrected chi connectivity index (χ0v) is 10.6. The van der Waals surface area contributed by atoms with Crippen LogP contribution < -0.4 is 16.8 Å². The first-order chi connectivity index (χ1) is 8.61. The van der Waals surface area contributed by atoms with Crippen LogP contribution in [0.2, 0.25) is 0 Å². The summed E-state index contributed by atoms with van der Waals surface area (Å²) in [6, 6.07) is -0.806. The van der Waals surface area contributed by atoms with Crippen molar-refractivity contribution in [2.24, 2.45) is 11.5 Å². The molecule has 0 spiro atoms. The van der Waals surface area contributed by atoms with E-state index in [0.29, 0.717) is 13.2 Å². The highest BCUT2D eigenvalue weighted by molar-refractivity contribution is 5.94. The van der Waals surface area contributed by atoms with Gasteiger partial charge in [-0.05, 0) is 25.8 Å². The van der Waals surface area contributed by atoms with Crippen LogP contribution in [-0.2, 0) is 9.53 Å². The van der Waals surface area contributed by atoms with Gasteiger partial charge in [0.2, 0.25) is 5.91 Å². The van der Waals surface area contributed by atoms with E-state index in [0.717, 1.165) is 32.4 Å². The number of piperidine rings is 1. The molecule has 1 fully saturated rings. The minimum atomic E-state index is -0.806. The van der Waals surface area contributed by atoms with Crippen molar-refractivity contribution in [3.8, 4) is 0 Å². The summed E-state index contributed by atoms with van der Waals surface area (Å²) in [6.07, 6.45) is 2.93. The normalized spacial score (nSPS) is 17.6. The molecule has 7 heteroatoms. The molecule has 0 bridgehead atoms. The first-order valence-electron chi connectivity index (χ1n) is 6.25. The number of urea groups is 1. The molecule has 1 rings (SSSR count). The molecule has 0 radical (unpaired) electrons. The Kier molecular flexibility index (Phi) is 6.63. The van der Waals surface area contributed by atoms with Crippen molar-refractivity contribution in [2.45, 2.75) is 25.4 Å². The summed E-state index contributed by atoms with van der Waals surface area (Å²) in [5.41, 5.74) is 10.3. The third kappa shape index (κ3) is 5.95. The lowest BCUT2D eigenvalue weighted by Gasteiger charge is -2.31. The zero-order valence-electron chi connectivity index (χ0n) is 10.6. The quantitative estimate of drug-likeness (QED) is 0.530. The smallest absolute Gasteiger partial charge is 0.318 e. The molecule has 18 heavy (non-hydrogen) atoms. The average molecular weight is 258 g/mol. The molecule has 1 heterocycles. The Hall–Kier alpha value is -1.18. The van der Waals surface area contributed by atoms with E-state index in [1.165, 1.54) is 0 Å². The second-order valence-electron chi connectivity index (χ2n) is 4.40. The van der Waals surface area contributed by atoms with Crippen molar-refractivity contribution in [1.29, 1.82) is 0 Å². The van der Waals surface area contributed by atoms with Gasteiger partial charge in [0.05, 0.1) is 12.6 Å². The molecule has 0 aromatic heterocycles. The fraction of sp³-hybridized carbons (Fsp3) is 0.818. The molecule has 0 aromatic carbocycles. The first kappa shape index (κ1) is 14.9. The van der Waals surface area contributed by atoms with Crippen LogP contribution in [0.15, 0.2) is 0 Å². The first-order valence-corrected chi connectivity index (χ1v) is 6.25. The molecule has 5 N–H and O–H groups in total. The summed E-state index contributed by atoms with van der Waals surface area (Å²) in [6.45, 7) is 3.13. The molecule has 1 aliphatic rings. The Balaban J connectivity index is 2.15. The van der Waals surface area contributed by atoms with E-state index in [4.69, 9.17) is 16.2 Å². The Morgan fingerprint density at radius 3 is 2.56 bits per heavy atom. The third-order valence-corrected chi connectivity index (χ3v) is 2.87. The van der Waals surface area contributed by atoms with Crippen molar-refractivity contribution < 1.29 is 14.3 Å². The van der Waals surface area contributed by atoms with Gasteiger partial charge >= 0.3 is 6.03 Å². The maximum absolute atomic E-state index is 11.3. The maximum atomic E-state index is 11.3. The Morgan fingerprint density at radius 1 is 1.33 bits per heavy atom. The molecule has 0 unspecified atom stereocenters. The van der Waals surface area contributed by atoms with Gasteiger partial charge in [-0.1, -0.05) is 0 Å². The number of imide groups is 1. The van der Waals surface area contributed by atoms with Crippen molar-refractivity contribution >= 4 is 11.9 Å². The van der Waals surface area contributed by atoms with E-state index in [-0.39, 0.29) is 18.6 Å². The standard InChI is InChI=1S/C11H22N4O3/c12-4-1-7-18-9-2-5-15(6-3-9)8-10(16)14-11(13)17/h9H,1-8,12H2,(H3,13,14,16,17). The lowest BCUT2D eigenvalue weighted by Crippen LogP contribution is -2.45. The van der Waals surface area contributed by atoms with E-state index in [1.54, 1.807) is 0 Å². The predicted octanol–water partition coefficient (Wildman–Crippen LogP) is -0.989. The Labute approximate surface area is 107 Å². The summed E-state index contributed by atoms with van der Waals surface area (Å²) < 4.78 is 5.66. The van der Waals surface area contributed by atoms with Crippen LogP contribution in [0.3, 0.4) is 0 Å². The summed E-state index contributed by atoms with van der Waals surface area (Å²) in [7, 11) is 0. The number of hydrogen-bond acceptors (Lipinski definition) is 5. The van der Waals surface area contributed by atoms with Gasteiger partial charge in [-0.2, -0.15) is 0 Å². The summed E-state index contributed by atoms with van der Waals surface area (Å²) in [5, 5.41) is 2.06. The van der Waals surface area contributed by atoms with Gasteiger partial charge in [-0.25, -0.2) is 4.79 Å². The number of nitrogens with one attached hydrogen (secondary N) is 1. The van der Waals surface area contributed by atoms with Crippen LogP contribution in [0.1, 0.15) is 19.3 Å². The number of carbonyl (C=O) groups is 2. The highest BCUT2D eigenvalue weighted by Crippen LogP contribution is 2.13. The summed E-state index contributed by atoms with van der Waals surface area (Å²) in [5.74, 6) is -0.356. The molecule has 3 amide bonds. The van der Waals surface area contributed by atoms with Gasteiger partial charge in [0.15, 0.2) is 0 Å². The van der Waals surface area contributed by atoms with Crippen LogP contribution in [0.5, 0.6) is 0 Å². The zero-order chi connectivity index (χ0) is 13.4. The predicted molar refractivity (Wildman–Crippen MR) is 66.8 cm³/mol. The minimum absolute atomic E-state index is 0.207. The van der Waals surface area contributed by atoms with Gasteiger partial charge in [0.25, 0.3) is 0 Å². The topological polar surface area (TPSA) is 111 Å². The molecule has 104 valence electrons. The minimum Gasteiger partial charge on any atom is -0.378 e. The van der Waals surface area contributed by atoms with Crippen LogP contribution in [0.25, 0.3) is 0 Å². The second kappa shape index (κ2) is 8.02. The molecule has 1 saturated heterocycles. The molecule has 0 atom stereocenters. The number of nitrogens with two attached hydrogens (primary N) is 2. The molecular formula is C11H22N4O3. The maximum Gasteiger partial charge on any atom is 0.318 e. The number of hydrogen-bond donors (Lipinski definition) is 3. The van der Waals surface area contributed by atoms with Gasteiger partial charge < -0.3 is 16.2 Å². The van der Waals surface area contributed by atoms with Crippen molar-refractivity contribution in [3.05, 3.63) is 0 Å². The number of amides is 3. The molecular weight excluding hydrogens is 236 g/mol. The van der Waals surface area contributed by atoms with E-state index in [2.05, 4.69) is 5.32 Å². The van der Waals surface area contributed by atoms with Crippen molar-refractivity contribution in [2.75, 3.05) is 32.8 Å². The number of rotatable bonds is 6. The van der Waals surface area contributed by atoms with E-state index >= 15 is 0 Å². The molecule has 1 aliphatic heterocycles. The largest absolute Gasteiger partial charge is 0.378 e. The Bertz CT molecular complexity index is 277. The number of primary amides is 1. The SMILES string of the molecule is NCCCOC1CCN(CC(=O)NC(N)=O)CC1. The summed E-state index contributed by atoms with van der Waals surface area (Å²) in [4.78, 5) is 23.8. The highest BCUT2D eigenvalue weighted by atomic mass is 16.5. The lowest BCUT2D eigenvalue weighted by atomic mass is 10.1. The fourth-order valence-electron chi connectivity index (χ4n) is 1.95. The molecule has 0 saturated carbocycles. The van der Waals surface area contributed by atoms with Gasteiger partial charge in [0, 0.05) is 19.7 Å². The average Bonchev–Trinajstić information content (AvgIpc) is 2.30. The van der Waals surface area contributed by atoms with Crippen LogP contribution in [0.4, 0.5) is 4.79 Å².